The van der Waals surface area contributed by atoms with Crippen molar-refractivity contribution in [2.75, 3.05) is 0 Å². The molecule has 0 bridgehead atoms. The fourth-order valence-electron chi connectivity index (χ4n) is 3.77. The molecule has 1 aliphatic carbocycles. The van der Waals surface area contributed by atoms with Crippen LogP contribution < -0.4 is 5.32 Å². The summed E-state index contributed by atoms with van der Waals surface area (Å²) < 4.78 is 2.24. The number of Topliss-reactive ketones (excluding diaryl/α,β-unsaturated/α-hetero) is 1. The number of benzene rings is 1. The summed E-state index contributed by atoms with van der Waals surface area (Å²) >= 11 is 0. The zero-order valence-corrected chi connectivity index (χ0v) is 16.0. The Bertz CT molecular complexity index is 805. The molecule has 1 heterocycles. The Kier molecular flexibility index (Phi) is 5.60. The van der Waals surface area contributed by atoms with E-state index in [0.29, 0.717) is 6.42 Å². The van der Waals surface area contributed by atoms with Crippen LogP contribution in [0, 0.1) is 6.92 Å². The second kappa shape index (κ2) is 7.90. The number of ketones is 1. The van der Waals surface area contributed by atoms with Crippen molar-refractivity contribution in [1.82, 2.24) is 9.88 Å². The summed E-state index contributed by atoms with van der Waals surface area (Å²) in [5.41, 5.74) is 5.09. The fourth-order valence-corrected chi connectivity index (χ4v) is 3.77. The minimum Gasteiger partial charge on any atom is -0.353 e. The van der Waals surface area contributed by atoms with Gasteiger partial charge >= 0.3 is 0 Å². The highest BCUT2D eigenvalue weighted by molar-refractivity contribution is 6.01. The van der Waals surface area contributed by atoms with Gasteiger partial charge in [0.25, 0.3) is 0 Å². The van der Waals surface area contributed by atoms with Crippen LogP contribution in [-0.4, -0.2) is 22.3 Å². The van der Waals surface area contributed by atoms with Crippen LogP contribution in [0.15, 0.2) is 30.3 Å². The molecule has 1 unspecified atom stereocenters. The average molecular weight is 352 g/mol. The second-order valence-corrected chi connectivity index (χ2v) is 7.29. The van der Waals surface area contributed by atoms with Gasteiger partial charge in [0, 0.05) is 36.0 Å². The molecule has 1 atom stereocenters. The Morgan fingerprint density at radius 3 is 2.65 bits per heavy atom. The third-order valence-electron chi connectivity index (χ3n) is 5.39. The van der Waals surface area contributed by atoms with E-state index in [1.54, 1.807) is 0 Å². The topological polar surface area (TPSA) is 51.1 Å². The molecule has 3 rings (SSSR count). The maximum Gasteiger partial charge on any atom is 0.224 e. The van der Waals surface area contributed by atoms with Crippen molar-refractivity contribution in [3.05, 3.63) is 58.4 Å². The maximum absolute atomic E-state index is 12.6. The van der Waals surface area contributed by atoms with Crippen LogP contribution in [0.1, 0.15) is 66.0 Å². The summed E-state index contributed by atoms with van der Waals surface area (Å²) in [6.07, 6.45) is 3.56. The lowest BCUT2D eigenvalue weighted by Gasteiger charge is -2.16. The molecule has 0 radical (unpaired) electrons. The Labute approximate surface area is 155 Å². The van der Waals surface area contributed by atoms with E-state index < -0.39 is 0 Å². The molecule has 2 aromatic rings. The minimum atomic E-state index is 0.000449. The molecule has 138 valence electrons. The molecule has 26 heavy (non-hydrogen) atoms. The van der Waals surface area contributed by atoms with Gasteiger partial charge in [-0.15, -0.1) is 0 Å². The highest BCUT2D eigenvalue weighted by Gasteiger charge is 2.29. The van der Waals surface area contributed by atoms with Crippen molar-refractivity contribution < 1.29 is 9.59 Å². The van der Waals surface area contributed by atoms with E-state index >= 15 is 0 Å². The minimum absolute atomic E-state index is 0.000449. The number of nitrogens with one attached hydrogen (secondary N) is 1. The predicted octanol–water partition coefficient (Wildman–Crippen LogP) is 3.82. The van der Waals surface area contributed by atoms with Gasteiger partial charge in [-0.1, -0.05) is 37.3 Å². The van der Waals surface area contributed by atoms with Gasteiger partial charge in [0.05, 0.1) is 6.42 Å². The van der Waals surface area contributed by atoms with E-state index in [4.69, 9.17) is 0 Å². The summed E-state index contributed by atoms with van der Waals surface area (Å²) in [7, 11) is 0. The smallest absolute Gasteiger partial charge is 0.224 e. The van der Waals surface area contributed by atoms with Gasteiger partial charge in [0.2, 0.25) is 5.91 Å². The number of amides is 1. The van der Waals surface area contributed by atoms with E-state index in [2.05, 4.69) is 28.9 Å². The first kappa shape index (κ1) is 18.4. The Balaban J connectivity index is 1.96. The van der Waals surface area contributed by atoms with Gasteiger partial charge in [-0.05, 0) is 44.2 Å². The molecule has 1 amide bonds. The Morgan fingerprint density at radius 2 is 1.96 bits per heavy atom. The molecule has 1 aliphatic rings. The molecule has 1 aromatic heterocycles. The maximum atomic E-state index is 12.6. The van der Waals surface area contributed by atoms with Crippen LogP contribution in [0.25, 0.3) is 0 Å². The third-order valence-corrected chi connectivity index (χ3v) is 5.39. The molecule has 0 aliphatic heterocycles. The standard InChI is InChI=1S/C22H28N2O2/c1-4-15(2)23-21(26)13-18-16(3)24(14-17-9-6-5-7-10-17)19-11-8-12-20(25)22(18)19/h5-7,9-10,15H,4,8,11-14H2,1-3H3,(H,23,26). The van der Waals surface area contributed by atoms with E-state index in [-0.39, 0.29) is 24.2 Å². The summed E-state index contributed by atoms with van der Waals surface area (Å²) in [5.74, 6) is 0.188. The number of hydrogen-bond donors (Lipinski definition) is 1. The van der Waals surface area contributed by atoms with Gasteiger partial charge in [0.1, 0.15) is 0 Å². The summed E-state index contributed by atoms with van der Waals surface area (Å²) in [6, 6.07) is 10.4. The van der Waals surface area contributed by atoms with Crippen LogP contribution in [0.5, 0.6) is 0 Å². The molecule has 0 spiro atoms. The predicted molar refractivity (Wildman–Crippen MR) is 104 cm³/mol. The van der Waals surface area contributed by atoms with Crippen LogP contribution in [-0.2, 0) is 24.2 Å². The van der Waals surface area contributed by atoms with Crippen molar-refractivity contribution in [2.45, 2.75) is 65.5 Å². The Morgan fingerprint density at radius 1 is 1.23 bits per heavy atom. The number of nitrogens with zero attached hydrogens (tertiary/aromatic N) is 1. The van der Waals surface area contributed by atoms with Crippen LogP contribution in [0.4, 0.5) is 0 Å². The second-order valence-electron chi connectivity index (χ2n) is 7.29. The quantitative estimate of drug-likeness (QED) is 0.859. The Hall–Kier alpha value is -2.36. The molecule has 4 heteroatoms. The van der Waals surface area contributed by atoms with Gasteiger partial charge in [-0.25, -0.2) is 0 Å². The number of hydrogen-bond acceptors (Lipinski definition) is 2. The zero-order chi connectivity index (χ0) is 18.7. The summed E-state index contributed by atoms with van der Waals surface area (Å²) in [4.78, 5) is 25.1. The van der Waals surface area contributed by atoms with E-state index in [1.165, 1.54) is 5.56 Å². The SMILES string of the molecule is CCC(C)NC(=O)Cc1c2c(n(Cc3ccccc3)c1C)CCCC2=O. The van der Waals surface area contributed by atoms with Crippen molar-refractivity contribution >= 4 is 11.7 Å². The molecular formula is C22H28N2O2. The van der Waals surface area contributed by atoms with E-state index in [0.717, 1.165) is 48.3 Å². The van der Waals surface area contributed by atoms with Crippen LogP contribution in [0.2, 0.25) is 0 Å². The molecule has 1 aromatic carbocycles. The highest BCUT2D eigenvalue weighted by Crippen LogP contribution is 2.31. The van der Waals surface area contributed by atoms with Crippen molar-refractivity contribution in [3.8, 4) is 0 Å². The van der Waals surface area contributed by atoms with E-state index in [1.807, 2.05) is 32.0 Å². The monoisotopic (exact) mass is 352 g/mol. The van der Waals surface area contributed by atoms with Crippen molar-refractivity contribution in [1.29, 1.82) is 0 Å². The average Bonchev–Trinajstić information content (AvgIpc) is 2.89. The first-order chi connectivity index (χ1) is 12.5. The molecule has 0 fully saturated rings. The summed E-state index contributed by atoms with van der Waals surface area (Å²) in [5, 5.41) is 3.03. The van der Waals surface area contributed by atoms with E-state index in [9.17, 15) is 9.59 Å². The zero-order valence-electron chi connectivity index (χ0n) is 16.0. The fraction of sp³-hybridized carbons (Fsp3) is 0.455. The number of fused-ring (bicyclic) bond motifs is 1. The molecule has 1 N–H and O–H groups in total. The lowest BCUT2D eigenvalue weighted by atomic mass is 9.92. The normalized spacial score (nSPS) is 14.8. The van der Waals surface area contributed by atoms with Gasteiger partial charge in [-0.3, -0.25) is 9.59 Å². The van der Waals surface area contributed by atoms with Gasteiger partial charge < -0.3 is 9.88 Å². The van der Waals surface area contributed by atoms with Crippen molar-refractivity contribution in [2.24, 2.45) is 0 Å². The molecule has 4 nitrogen and oxygen atoms in total. The van der Waals surface area contributed by atoms with Gasteiger partial charge in [-0.2, -0.15) is 0 Å². The lowest BCUT2D eigenvalue weighted by Crippen LogP contribution is -2.33. The highest BCUT2D eigenvalue weighted by atomic mass is 16.1. The largest absolute Gasteiger partial charge is 0.353 e. The number of carbonyl (C=O) groups is 2. The summed E-state index contributed by atoms with van der Waals surface area (Å²) in [6.45, 7) is 6.85. The molecule has 0 saturated heterocycles. The molecule has 0 saturated carbocycles. The van der Waals surface area contributed by atoms with Crippen LogP contribution in [0.3, 0.4) is 0 Å². The molecular weight excluding hydrogens is 324 g/mol. The number of carbonyl (C=O) groups excluding carboxylic acids is 2. The first-order valence-electron chi connectivity index (χ1n) is 9.58. The number of aromatic nitrogens is 1. The lowest BCUT2D eigenvalue weighted by molar-refractivity contribution is -0.121. The van der Waals surface area contributed by atoms with Crippen molar-refractivity contribution in [3.63, 3.8) is 0 Å². The first-order valence-corrected chi connectivity index (χ1v) is 9.58. The number of rotatable bonds is 6. The third kappa shape index (κ3) is 3.74. The van der Waals surface area contributed by atoms with Gasteiger partial charge in [0.15, 0.2) is 5.78 Å². The van der Waals surface area contributed by atoms with Crippen LogP contribution >= 0.6 is 0 Å².